The van der Waals surface area contributed by atoms with E-state index in [9.17, 15) is 4.79 Å². The predicted octanol–water partition coefficient (Wildman–Crippen LogP) is 3.05. The highest BCUT2D eigenvalue weighted by atomic mass is 32.2. The van der Waals surface area contributed by atoms with Crippen molar-refractivity contribution < 1.29 is 14.6 Å². The summed E-state index contributed by atoms with van der Waals surface area (Å²) in [6.45, 7) is 2.53. The average molecular weight is 254 g/mol. The molecule has 0 amide bonds. The highest BCUT2D eigenvalue weighted by Crippen LogP contribution is 2.16. The van der Waals surface area contributed by atoms with Crippen LogP contribution in [0.3, 0.4) is 0 Å². The van der Waals surface area contributed by atoms with Gasteiger partial charge in [0.1, 0.15) is 11.0 Å². The van der Waals surface area contributed by atoms with Gasteiger partial charge in [-0.15, -0.1) is 11.8 Å². The van der Waals surface area contributed by atoms with Crippen molar-refractivity contribution in [1.82, 2.24) is 0 Å². The lowest BCUT2D eigenvalue weighted by Crippen LogP contribution is -2.15. The highest BCUT2D eigenvalue weighted by molar-refractivity contribution is 8.00. The quantitative estimate of drug-likeness (QED) is 0.724. The summed E-state index contributed by atoms with van der Waals surface area (Å²) < 4.78 is 5.52. The molecule has 1 atom stereocenters. The lowest BCUT2D eigenvalue weighted by molar-refractivity contribution is -0.136. The van der Waals surface area contributed by atoms with Gasteiger partial charge < -0.3 is 9.84 Å². The van der Waals surface area contributed by atoms with E-state index in [-0.39, 0.29) is 5.25 Å². The summed E-state index contributed by atoms with van der Waals surface area (Å²) in [7, 11) is 0. The Labute approximate surface area is 106 Å². The molecule has 0 saturated carbocycles. The lowest BCUT2D eigenvalue weighted by atomic mass is 10.3. The van der Waals surface area contributed by atoms with Crippen LogP contribution in [0.2, 0.25) is 0 Å². The Morgan fingerprint density at radius 1 is 1.41 bits per heavy atom. The van der Waals surface area contributed by atoms with Gasteiger partial charge in [0.2, 0.25) is 0 Å². The van der Waals surface area contributed by atoms with Crippen molar-refractivity contribution in [3.63, 3.8) is 0 Å². The van der Waals surface area contributed by atoms with Gasteiger partial charge in [-0.2, -0.15) is 0 Å². The molecule has 1 N–H and O–H groups in total. The number of hydrogen-bond donors (Lipinski definition) is 1. The molecule has 1 rings (SSSR count). The van der Waals surface area contributed by atoms with Gasteiger partial charge in [0.15, 0.2) is 0 Å². The number of carboxylic acid groups (broad SMARTS) is 1. The first-order chi connectivity index (χ1) is 8.24. The molecule has 0 aliphatic heterocycles. The molecule has 17 heavy (non-hydrogen) atoms. The zero-order chi connectivity index (χ0) is 12.5. The molecular weight excluding hydrogens is 236 g/mol. The molecule has 0 spiro atoms. The number of para-hydroxylation sites is 1. The van der Waals surface area contributed by atoms with Gasteiger partial charge in [-0.05, 0) is 30.7 Å². The maximum atomic E-state index is 10.8. The monoisotopic (exact) mass is 254 g/mol. The second kappa shape index (κ2) is 8.01. The number of benzene rings is 1. The van der Waals surface area contributed by atoms with E-state index in [4.69, 9.17) is 9.84 Å². The van der Waals surface area contributed by atoms with Crippen LogP contribution < -0.4 is 4.74 Å². The zero-order valence-corrected chi connectivity index (χ0v) is 10.8. The summed E-state index contributed by atoms with van der Waals surface area (Å²) in [6, 6.07) is 9.64. The van der Waals surface area contributed by atoms with Crippen molar-refractivity contribution in [2.24, 2.45) is 0 Å². The van der Waals surface area contributed by atoms with Gasteiger partial charge in [-0.25, -0.2) is 0 Å². The fourth-order valence-electron chi connectivity index (χ4n) is 1.36. The van der Waals surface area contributed by atoms with Crippen molar-refractivity contribution in [2.75, 3.05) is 12.4 Å². The molecule has 1 aromatic carbocycles. The third kappa shape index (κ3) is 5.63. The van der Waals surface area contributed by atoms with Gasteiger partial charge in [0.25, 0.3) is 0 Å². The number of rotatable bonds is 8. The third-order valence-electron chi connectivity index (χ3n) is 2.27. The SMILES string of the molecule is CCC(SCCCOc1ccccc1)C(=O)O. The van der Waals surface area contributed by atoms with Crippen molar-refractivity contribution in [3.05, 3.63) is 30.3 Å². The van der Waals surface area contributed by atoms with Crippen molar-refractivity contribution in [2.45, 2.75) is 25.0 Å². The maximum Gasteiger partial charge on any atom is 0.316 e. The minimum atomic E-state index is -0.721. The van der Waals surface area contributed by atoms with Gasteiger partial charge >= 0.3 is 5.97 Å². The Kier molecular flexibility index (Phi) is 6.55. The lowest BCUT2D eigenvalue weighted by Gasteiger charge is -2.09. The Balaban J connectivity index is 2.10. The van der Waals surface area contributed by atoms with E-state index >= 15 is 0 Å². The van der Waals surface area contributed by atoms with Crippen molar-refractivity contribution in [3.8, 4) is 5.75 Å². The topological polar surface area (TPSA) is 46.5 Å². The molecule has 0 aliphatic carbocycles. The standard InChI is InChI=1S/C13H18O3S/c1-2-12(13(14)15)17-10-6-9-16-11-7-4-3-5-8-11/h3-5,7-8,12H,2,6,9-10H2,1H3,(H,14,15). The molecule has 0 aromatic heterocycles. The van der Waals surface area contributed by atoms with Crippen LogP contribution in [0.5, 0.6) is 5.75 Å². The van der Waals surface area contributed by atoms with Crippen LogP contribution in [0, 0.1) is 0 Å². The first kappa shape index (κ1) is 13.9. The van der Waals surface area contributed by atoms with Crippen LogP contribution in [-0.4, -0.2) is 28.7 Å². The maximum absolute atomic E-state index is 10.8. The molecule has 1 aromatic rings. The normalized spacial score (nSPS) is 12.1. The second-order valence-corrected chi connectivity index (χ2v) is 4.93. The van der Waals surface area contributed by atoms with Crippen LogP contribution in [0.4, 0.5) is 0 Å². The molecule has 3 nitrogen and oxygen atoms in total. The number of carboxylic acids is 1. The zero-order valence-electron chi connectivity index (χ0n) is 9.96. The second-order valence-electron chi connectivity index (χ2n) is 3.62. The van der Waals surface area contributed by atoms with Gasteiger partial charge in [0, 0.05) is 0 Å². The molecule has 4 heteroatoms. The Hall–Kier alpha value is -1.16. The predicted molar refractivity (Wildman–Crippen MR) is 70.7 cm³/mol. The first-order valence-corrected chi connectivity index (χ1v) is 6.81. The summed E-state index contributed by atoms with van der Waals surface area (Å²) >= 11 is 1.49. The molecule has 0 heterocycles. The summed E-state index contributed by atoms with van der Waals surface area (Å²) in [5.74, 6) is 0.960. The van der Waals surface area contributed by atoms with E-state index in [2.05, 4.69) is 0 Å². The molecule has 0 aliphatic rings. The summed E-state index contributed by atoms with van der Waals surface area (Å²) in [4.78, 5) is 10.8. The molecular formula is C13H18O3S. The van der Waals surface area contributed by atoms with E-state index in [1.165, 1.54) is 11.8 Å². The fourth-order valence-corrected chi connectivity index (χ4v) is 2.30. The smallest absolute Gasteiger partial charge is 0.316 e. The number of hydrogen-bond acceptors (Lipinski definition) is 3. The van der Waals surface area contributed by atoms with E-state index < -0.39 is 5.97 Å². The van der Waals surface area contributed by atoms with Crippen molar-refractivity contribution in [1.29, 1.82) is 0 Å². The Bertz CT molecular complexity index is 327. The number of carbonyl (C=O) groups is 1. The number of ether oxygens (including phenoxy) is 1. The minimum absolute atomic E-state index is 0.285. The van der Waals surface area contributed by atoms with Crippen molar-refractivity contribution >= 4 is 17.7 Å². The van der Waals surface area contributed by atoms with Crippen LogP contribution in [0.25, 0.3) is 0 Å². The summed E-state index contributed by atoms with van der Waals surface area (Å²) in [5, 5.41) is 8.57. The van der Waals surface area contributed by atoms with E-state index in [0.29, 0.717) is 13.0 Å². The Morgan fingerprint density at radius 3 is 2.71 bits per heavy atom. The van der Waals surface area contributed by atoms with E-state index in [1.807, 2.05) is 37.3 Å². The van der Waals surface area contributed by atoms with E-state index in [0.717, 1.165) is 17.9 Å². The fraction of sp³-hybridized carbons (Fsp3) is 0.462. The molecule has 94 valence electrons. The molecule has 0 saturated heterocycles. The van der Waals surface area contributed by atoms with Crippen LogP contribution in [0.15, 0.2) is 30.3 Å². The van der Waals surface area contributed by atoms with Gasteiger partial charge in [-0.1, -0.05) is 25.1 Å². The van der Waals surface area contributed by atoms with Gasteiger partial charge in [-0.3, -0.25) is 4.79 Å². The molecule has 0 radical (unpaired) electrons. The van der Waals surface area contributed by atoms with Crippen LogP contribution in [-0.2, 0) is 4.79 Å². The highest BCUT2D eigenvalue weighted by Gasteiger charge is 2.14. The van der Waals surface area contributed by atoms with Crippen LogP contribution >= 0.6 is 11.8 Å². The molecule has 1 unspecified atom stereocenters. The minimum Gasteiger partial charge on any atom is -0.494 e. The summed E-state index contributed by atoms with van der Waals surface area (Å²) in [5.41, 5.74) is 0. The summed E-state index contributed by atoms with van der Waals surface area (Å²) in [6.07, 6.45) is 1.53. The van der Waals surface area contributed by atoms with E-state index in [1.54, 1.807) is 0 Å². The van der Waals surface area contributed by atoms with Gasteiger partial charge in [0.05, 0.1) is 6.61 Å². The Morgan fingerprint density at radius 2 is 2.12 bits per heavy atom. The molecule has 0 fully saturated rings. The number of aliphatic carboxylic acids is 1. The average Bonchev–Trinajstić information content (AvgIpc) is 2.34. The number of thioether (sulfide) groups is 1. The third-order valence-corrected chi connectivity index (χ3v) is 3.73. The van der Waals surface area contributed by atoms with Crippen LogP contribution in [0.1, 0.15) is 19.8 Å². The largest absolute Gasteiger partial charge is 0.494 e. The first-order valence-electron chi connectivity index (χ1n) is 5.76. The molecule has 0 bridgehead atoms.